The number of nitrogens with zero attached hydrogens (tertiary/aromatic N) is 2. The van der Waals surface area contributed by atoms with Gasteiger partial charge < -0.3 is 14.5 Å². The molecule has 138 valence electrons. The van der Waals surface area contributed by atoms with E-state index in [2.05, 4.69) is 0 Å². The number of hydrogen-bond acceptors (Lipinski definition) is 3. The predicted molar refractivity (Wildman–Crippen MR) is 98.8 cm³/mol. The summed E-state index contributed by atoms with van der Waals surface area (Å²) in [5, 5.41) is 0.629. The third kappa shape index (κ3) is 5.11. The Morgan fingerprint density at radius 1 is 1.00 bits per heavy atom. The number of carbonyl (C=O) groups excluding carboxylic acids is 2. The molecule has 1 aromatic rings. The Morgan fingerprint density at radius 2 is 1.48 bits per heavy atom. The summed E-state index contributed by atoms with van der Waals surface area (Å²) in [5.41, 5.74) is 0. The van der Waals surface area contributed by atoms with Crippen LogP contribution in [0.4, 0.5) is 0 Å². The monoisotopic (exact) mass is 366 g/mol. The minimum Gasteiger partial charge on any atom is -0.481 e. The first-order chi connectivity index (χ1) is 12.0. The molecule has 1 unspecified atom stereocenters. The van der Waals surface area contributed by atoms with Gasteiger partial charge in [-0.25, -0.2) is 0 Å². The molecule has 5 nitrogen and oxygen atoms in total. The van der Waals surface area contributed by atoms with Crippen molar-refractivity contribution in [2.45, 2.75) is 39.7 Å². The summed E-state index contributed by atoms with van der Waals surface area (Å²) in [6.07, 6.45) is 1.16. The van der Waals surface area contributed by atoms with Gasteiger partial charge in [0.2, 0.25) is 5.91 Å². The molecule has 1 aromatic carbocycles. The molecule has 6 heteroatoms. The maximum atomic E-state index is 12.6. The lowest BCUT2D eigenvalue weighted by atomic mass is 10.0. The van der Waals surface area contributed by atoms with Gasteiger partial charge in [-0.05, 0) is 44.0 Å². The van der Waals surface area contributed by atoms with E-state index in [1.165, 1.54) is 0 Å². The van der Waals surface area contributed by atoms with Gasteiger partial charge in [0.05, 0.1) is 0 Å². The Hall–Kier alpha value is -1.75. The van der Waals surface area contributed by atoms with Gasteiger partial charge in [-0.15, -0.1) is 0 Å². The van der Waals surface area contributed by atoms with Crippen LogP contribution in [0.15, 0.2) is 24.3 Å². The second-order valence-electron chi connectivity index (χ2n) is 6.38. The quantitative estimate of drug-likeness (QED) is 0.776. The number of amides is 2. The van der Waals surface area contributed by atoms with Gasteiger partial charge in [-0.1, -0.05) is 25.4 Å². The Balaban J connectivity index is 1.86. The highest BCUT2D eigenvalue weighted by atomic mass is 35.5. The number of rotatable bonds is 6. The van der Waals surface area contributed by atoms with E-state index in [-0.39, 0.29) is 17.7 Å². The summed E-state index contributed by atoms with van der Waals surface area (Å²) in [7, 11) is 0. The normalized spacial score (nSPS) is 16.0. The van der Waals surface area contributed by atoms with Gasteiger partial charge in [0.1, 0.15) is 5.75 Å². The molecule has 0 bridgehead atoms. The van der Waals surface area contributed by atoms with E-state index in [1.807, 2.05) is 18.7 Å². The van der Waals surface area contributed by atoms with E-state index in [4.69, 9.17) is 16.3 Å². The standard InChI is InChI=1S/C19H27ClN2O3/c1-4-15(5-2)19(24)22-12-10-21(11-13-22)18(23)14(3)25-17-8-6-16(20)7-9-17/h6-9,14-15H,4-5,10-13H2,1-3H3. The molecule has 2 rings (SSSR count). The molecule has 0 saturated carbocycles. The fourth-order valence-electron chi connectivity index (χ4n) is 3.07. The van der Waals surface area contributed by atoms with Crippen LogP contribution in [-0.4, -0.2) is 53.9 Å². The zero-order valence-electron chi connectivity index (χ0n) is 15.2. The third-order valence-electron chi connectivity index (χ3n) is 4.71. The Bertz CT molecular complexity index is 579. The van der Waals surface area contributed by atoms with Crippen molar-refractivity contribution in [2.75, 3.05) is 26.2 Å². The van der Waals surface area contributed by atoms with Crippen molar-refractivity contribution in [3.8, 4) is 5.75 Å². The molecule has 1 heterocycles. The van der Waals surface area contributed by atoms with E-state index in [0.29, 0.717) is 37.0 Å². The van der Waals surface area contributed by atoms with Crippen LogP contribution in [0.25, 0.3) is 0 Å². The van der Waals surface area contributed by atoms with Crippen LogP contribution < -0.4 is 4.74 Å². The van der Waals surface area contributed by atoms with Crippen molar-refractivity contribution < 1.29 is 14.3 Å². The van der Waals surface area contributed by atoms with Crippen molar-refractivity contribution in [2.24, 2.45) is 5.92 Å². The van der Waals surface area contributed by atoms with E-state index in [1.54, 1.807) is 36.1 Å². The molecule has 0 spiro atoms. The Morgan fingerprint density at radius 3 is 1.96 bits per heavy atom. The van der Waals surface area contributed by atoms with E-state index in [9.17, 15) is 9.59 Å². The number of carbonyl (C=O) groups is 2. The second-order valence-corrected chi connectivity index (χ2v) is 6.81. The largest absolute Gasteiger partial charge is 0.481 e. The lowest BCUT2D eigenvalue weighted by Crippen LogP contribution is -2.54. The lowest BCUT2D eigenvalue weighted by Gasteiger charge is -2.37. The molecule has 25 heavy (non-hydrogen) atoms. The zero-order valence-corrected chi connectivity index (χ0v) is 16.0. The predicted octanol–water partition coefficient (Wildman–Crippen LogP) is 3.21. The minimum atomic E-state index is -0.567. The van der Waals surface area contributed by atoms with Gasteiger partial charge >= 0.3 is 0 Å². The summed E-state index contributed by atoms with van der Waals surface area (Å²) in [5.74, 6) is 0.870. The van der Waals surface area contributed by atoms with Crippen LogP contribution in [-0.2, 0) is 9.59 Å². The number of ether oxygens (including phenoxy) is 1. The number of benzene rings is 1. The molecule has 1 aliphatic heterocycles. The topological polar surface area (TPSA) is 49.9 Å². The van der Waals surface area contributed by atoms with E-state index >= 15 is 0 Å². The molecular weight excluding hydrogens is 340 g/mol. The Labute approximate surface area is 154 Å². The molecule has 0 radical (unpaired) electrons. The Kier molecular flexibility index (Phi) is 7.12. The molecule has 0 aromatic heterocycles. The summed E-state index contributed by atoms with van der Waals surface area (Å²) in [4.78, 5) is 28.6. The van der Waals surface area contributed by atoms with Crippen LogP contribution in [0.1, 0.15) is 33.6 Å². The van der Waals surface area contributed by atoms with Gasteiger partial charge in [0, 0.05) is 37.1 Å². The summed E-state index contributed by atoms with van der Waals surface area (Å²) < 4.78 is 5.70. The maximum Gasteiger partial charge on any atom is 0.263 e. The highest BCUT2D eigenvalue weighted by Crippen LogP contribution is 2.18. The van der Waals surface area contributed by atoms with Gasteiger partial charge in [0.15, 0.2) is 6.10 Å². The van der Waals surface area contributed by atoms with Crippen molar-refractivity contribution in [1.82, 2.24) is 9.80 Å². The first-order valence-electron chi connectivity index (χ1n) is 8.96. The summed E-state index contributed by atoms with van der Waals surface area (Å²) in [6, 6.07) is 6.96. The average molecular weight is 367 g/mol. The number of piperazine rings is 1. The van der Waals surface area contributed by atoms with Crippen molar-refractivity contribution in [3.63, 3.8) is 0 Å². The first-order valence-corrected chi connectivity index (χ1v) is 9.33. The van der Waals surface area contributed by atoms with E-state index in [0.717, 1.165) is 12.8 Å². The fourth-order valence-corrected chi connectivity index (χ4v) is 3.19. The molecule has 1 atom stereocenters. The average Bonchev–Trinajstić information content (AvgIpc) is 2.64. The third-order valence-corrected chi connectivity index (χ3v) is 4.96. The number of hydrogen-bond donors (Lipinski definition) is 0. The highest BCUT2D eigenvalue weighted by molar-refractivity contribution is 6.30. The molecular formula is C19H27ClN2O3. The smallest absolute Gasteiger partial charge is 0.263 e. The van der Waals surface area contributed by atoms with Crippen molar-refractivity contribution >= 4 is 23.4 Å². The lowest BCUT2D eigenvalue weighted by molar-refractivity contribution is -0.145. The first kappa shape index (κ1) is 19.6. The van der Waals surface area contributed by atoms with Gasteiger partial charge in [-0.2, -0.15) is 0 Å². The van der Waals surface area contributed by atoms with Crippen LogP contribution in [0.2, 0.25) is 5.02 Å². The zero-order chi connectivity index (χ0) is 18.4. The number of halogens is 1. The summed E-state index contributed by atoms with van der Waals surface area (Å²) in [6.45, 7) is 8.13. The van der Waals surface area contributed by atoms with E-state index < -0.39 is 6.10 Å². The summed E-state index contributed by atoms with van der Waals surface area (Å²) >= 11 is 5.85. The van der Waals surface area contributed by atoms with Crippen LogP contribution in [0, 0.1) is 5.92 Å². The molecule has 1 fully saturated rings. The molecule has 1 aliphatic rings. The van der Waals surface area contributed by atoms with Gasteiger partial charge in [0.25, 0.3) is 5.91 Å². The fraction of sp³-hybridized carbons (Fsp3) is 0.579. The van der Waals surface area contributed by atoms with Crippen molar-refractivity contribution in [1.29, 1.82) is 0 Å². The molecule has 0 aliphatic carbocycles. The van der Waals surface area contributed by atoms with Crippen molar-refractivity contribution in [3.05, 3.63) is 29.3 Å². The van der Waals surface area contributed by atoms with Crippen LogP contribution in [0.3, 0.4) is 0 Å². The maximum absolute atomic E-state index is 12.6. The molecule has 0 N–H and O–H groups in total. The second kappa shape index (κ2) is 9.09. The van der Waals surface area contributed by atoms with Crippen LogP contribution >= 0.6 is 11.6 Å². The SMILES string of the molecule is CCC(CC)C(=O)N1CCN(C(=O)C(C)Oc2ccc(Cl)cc2)CC1. The minimum absolute atomic E-state index is 0.0513. The van der Waals surface area contributed by atoms with Crippen LogP contribution in [0.5, 0.6) is 5.75 Å². The van der Waals surface area contributed by atoms with Gasteiger partial charge in [-0.3, -0.25) is 9.59 Å². The molecule has 2 amide bonds. The molecule has 1 saturated heterocycles. The highest BCUT2D eigenvalue weighted by Gasteiger charge is 2.29.